The second-order valence-electron chi connectivity index (χ2n) is 4.35. The van der Waals surface area contributed by atoms with Crippen LogP contribution in [-0.2, 0) is 6.54 Å². The molecule has 0 aromatic carbocycles. The highest BCUT2D eigenvalue weighted by Gasteiger charge is 2.11. The van der Waals surface area contributed by atoms with Gasteiger partial charge in [-0.1, -0.05) is 18.0 Å². The van der Waals surface area contributed by atoms with E-state index >= 15 is 0 Å². The lowest BCUT2D eigenvalue weighted by molar-refractivity contribution is 0.220. The zero-order valence-electron chi connectivity index (χ0n) is 9.73. The minimum atomic E-state index is -0.248. The summed E-state index contributed by atoms with van der Waals surface area (Å²) in [6.45, 7) is 3.71. The first kappa shape index (κ1) is 12.4. The predicted octanol–water partition coefficient (Wildman–Crippen LogP) is 0.965. The van der Waals surface area contributed by atoms with Gasteiger partial charge in [-0.25, -0.2) is 4.98 Å². The van der Waals surface area contributed by atoms with Crippen molar-refractivity contribution in [2.45, 2.75) is 25.8 Å². The van der Waals surface area contributed by atoms with Crippen LogP contribution in [0.3, 0.4) is 0 Å². The number of halogens is 1. The SMILES string of the molecule is Nc1c(Cl)ncn(CCN2CCCCC2)c1=O. The Balaban J connectivity index is 1.99. The molecule has 1 aliphatic rings. The number of aromatic nitrogens is 2. The van der Waals surface area contributed by atoms with Gasteiger partial charge in [0.1, 0.15) is 5.69 Å². The standard InChI is InChI=1S/C11H17ClN4O/c12-10-9(13)11(17)16(8-14-10)7-6-15-4-2-1-3-5-15/h8H,1-7,13H2. The fourth-order valence-electron chi connectivity index (χ4n) is 2.08. The molecule has 6 heteroatoms. The number of likely N-dealkylation sites (tertiary alicyclic amines) is 1. The van der Waals surface area contributed by atoms with Gasteiger partial charge in [0.15, 0.2) is 5.15 Å². The molecule has 0 atom stereocenters. The Kier molecular flexibility index (Phi) is 4.02. The Labute approximate surface area is 105 Å². The molecule has 1 aromatic rings. The van der Waals surface area contributed by atoms with Crippen molar-refractivity contribution < 1.29 is 0 Å². The lowest BCUT2D eigenvalue weighted by Crippen LogP contribution is -2.35. The molecule has 2 rings (SSSR count). The van der Waals surface area contributed by atoms with Crippen molar-refractivity contribution in [1.82, 2.24) is 14.5 Å². The van der Waals surface area contributed by atoms with Crippen LogP contribution in [0.5, 0.6) is 0 Å². The van der Waals surface area contributed by atoms with Crippen molar-refractivity contribution in [3.63, 3.8) is 0 Å². The van der Waals surface area contributed by atoms with Crippen molar-refractivity contribution in [3.8, 4) is 0 Å². The van der Waals surface area contributed by atoms with E-state index in [0.29, 0.717) is 6.54 Å². The van der Waals surface area contributed by atoms with Gasteiger partial charge in [0.25, 0.3) is 5.56 Å². The van der Waals surface area contributed by atoms with Crippen molar-refractivity contribution in [1.29, 1.82) is 0 Å². The summed E-state index contributed by atoms with van der Waals surface area (Å²) in [4.78, 5) is 18.0. The maximum absolute atomic E-state index is 11.8. The Morgan fingerprint density at radius 1 is 1.29 bits per heavy atom. The van der Waals surface area contributed by atoms with Gasteiger partial charge >= 0.3 is 0 Å². The van der Waals surface area contributed by atoms with Crippen LogP contribution in [0.2, 0.25) is 5.15 Å². The molecule has 0 unspecified atom stereocenters. The smallest absolute Gasteiger partial charge is 0.278 e. The Bertz CT molecular complexity index is 440. The molecule has 0 amide bonds. The highest BCUT2D eigenvalue weighted by atomic mass is 35.5. The highest BCUT2D eigenvalue weighted by molar-refractivity contribution is 6.31. The molecule has 0 saturated carbocycles. The maximum atomic E-state index is 11.8. The average molecular weight is 257 g/mol. The third kappa shape index (κ3) is 2.98. The molecular weight excluding hydrogens is 240 g/mol. The number of hydrogen-bond donors (Lipinski definition) is 1. The molecule has 1 aromatic heterocycles. The van der Waals surface area contributed by atoms with E-state index in [0.717, 1.165) is 19.6 Å². The van der Waals surface area contributed by atoms with Crippen LogP contribution in [-0.4, -0.2) is 34.1 Å². The normalized spacial score (nSPS) is 17.2. The lowest BCUT2D eigenvalue weighted by atomic mass is 10.1. The highest BCUT2D eigenvalue weighted by Crippen LogP contribution is 2.10. The second-order valence-corrected chi connectivity index (χ2v) is 4.71. The number of nitrogen functional groups attached to an aromatic ring is 1. The molecule has 0 radical (unpaired) electrons. The molecule has 2 heterocycles. The van der Waals surface area contributed by atoms with E-state index in [1.807, 2.05) is 0 Å². The van der Waals surface area contributed by atoms with Crippen LogP contribution in [0.15, 0.2) is 11.1 Å². The van der Waals surface area contributed by atoms with Crippen LogP contribution in [0.25, 0.3) is 0 Å². The van der Waals surface area contributed by atoms with Crippen molar-refractivity contribution in [2.24, 2.45) is 0 Å². The summed E-state index contributed by atoms with van der Waals surface area (Å²) in [6, 6.07) is 0. The maximum Gasteiger partial charge on any atom is 0.278 e. The monoisotopic (exact) mass is 256 g/mol. The van der Waals surface area contributed by atoms with E-state index in [1.165, 1.54) is 30.2 Å². The van der Waals surface area contributed by atoms with Gasteiger partial charge < -0.3 is 10.6 Å². The first-order chi connectivity index (χ1) is 8.18. The number of nitrogens with zero attached hydrogens (tertiary/aromatic N) is 3. The molecule has 94 valence electrons. The molecule has 1 fully saturated rings. The summed E-state index contributed by atoms with van der Waals surface area (Å²) in [5.41, 5.74) is 5.34. The molecular formula is C11H17ClN4O. The van der Waals surface area contributed by atoms with E-state index in [-0.39, 0.29) is 16.4 Å². The molecule has 2 N–H and O–H groups in total. The topological polar surface area (TPSA) is 64.2 Å². The minimum absolute atomic E-state index is 0.0350. The Morgan fingerprint density at radius 3 is 2.71 bits per heavy atom. The first-order valence-electron chi connectivity index (χ1n) is 5.91. The second kappa shape index (κ2) is 5.51. The van der Waals surface area contributed by atoms with Crippen molar-refractivity contribution in [3.05, 3.63) is 21.8 Å². The fourth-order valence-corrected chi connectivity index (χ4v) is 2.20. The van der Waals surface area contributed by atoms with Gasteiger partial charge in [-0.15, -0.1) is 0 Å². The number of rotatable bonds is 3. The van der Waals surface area contributed by atoms with Crippen molar-refractivity contribution >= 4 is 17.3 Å². The summed E-state index contributed by atoms with van der Waals surface area (Å²) in [5.74, 6) is 0. The van der Waals surface area contributed by atoms with Gasteiger partial charge in [-0.05, 0) is 25.9 Å². The van der Waals surface area contributed by atoms with Gasteiger partial charge in [0.2, 0.25) is 0 Å². The summed E-state index contributed by atoms with van der Waals surface area (Å²) in [7, 11) is 0. The lowest BCUT2D eigenvalue weighted by Gasteiger charge is -2.26. The van der Waals surface area contributed by atoms with E-state index in [2.05, 4.69) is 9.88 Å². The molecule has 0 bridgehead atoms. The van der Waals surface area contributed by atoms with Crippen LogP contribution >= 0.6 is 11.6 Å². The van der Waals surface area contributed by atoms with Crippen LogP contribution in [0, 0.1) is 0 Å². The average Bonchev–Trinajstić information content (AvgIpc) is 2.36. The van der Waals surface area contributed by atoms with Gasteiger partial charge in [-0.3, -0.25) is 9.36 Å². The predicted molar refractivity (Wildman–Crippen MR) is 68.2 cm³/mol. The Hall–Kier alpha value is -1.07. The van der Waals surface area contributed by atoms with Gasteiger partial charge in [-0.2, -0.15) is 0 Å². The fraction of sp³-hybridized carbons (Fsp3) is 0.636. The zero-order valence-corrected chi connectivity index (χ0v) is 10.5. The Morgan fingerprint density at radius 2 is 2.00 bits per heavy atom. The molecule has 0 spiro atoms. The van der Waals surface area contributed by atoms with E-state index in [4.69, 9.17) is 17.3 Å². The number of nitrogens with two attached hydrogens (primary N) is 1. The number of anilines is 1. The summed E-state index contributed by atoms with van der Waals surface area (Å²) in [6.07, 6.45) is 5.27. The molecule has 5 nitrogen and oxygen atoms in total. The van der Waals surface area contributed by atoms with Crippen LogP contribution < -0.4 is 11.3 Å². The van der Waals surface area contributed by atoms with E-state index in [1.54, 1.807) is 0 Å². The molecule has 17 heavy (non-hydrogen) atoms. The summed E-state index contributed by atoms with van der Waals surface area (Å²) in [5, 5.41) is 0.0872. The number of piperidine rings is 1. The zero-order chi connectivity index (χ0) is 12.3. The third-order valence-electron chi connectivity index (χ3n) is 3.13. The van der Waals surface area contributed by atoms with Gasteiger partial charge in [0, 0.05) is 13.1 Å². The minimum Gasteiger partial charge on any atom is -0.392 e. The van der Waals surface area contributed by atoms with E-state index in [9.17, 15) is 4.79 Å². The summed E-state index contributed by atoms with van der Waals surface area (Å²) < 4.78 is 1.52. The van der Waals surface area contributed by atoms with Crippen LogP contribution in [0.1, 0.15) is 19.3 Å². The summed E-state index contributed by atoms with van der Waals surface area (Å²) >= 11 is 5.67. The molecule has 0 aliphatic carbocycles. The van der Waals surface area contributed by atoms with E-state index < -0.39 is 0 Å². The first-order valence-corrected chi connectivity index (χ1v) is 6.29. The van der Waals surface area contributed by atoms with Gasteiger partial charge in [0.05, 0.1) is 6.33 Å². The largest absolute Gasteiger partial charge is 0.392 e. The van der Waals surface area contributed by atoms with Crippen molar-refractivity contribution in [2.75, 3.05) is 25.4 Å². The number of hydrogen-bond acceptors (Lipinski definition) is 4. The molecule has 1 saturated heterocycles. The molecule has 1 aliphatic heterocycles. The van der Waals surface area contributed by atoms with Crippen LogP contribution in [0.4, 0.5) is 5.69 Å². The quantitative estimate of drug-likeness (QED) is 0.819. The third-order valence-corrected chi connectivity index (χ3v) is 3.43.